The van der Waals surface area contributed by atoms with Gasteiger partial charge in [0.05, 0.1) is 12.7 Å². The predicted octanol–water partition coefficient (Wildman–Crippen LogP) is 5.39. The van der Waals surface area contributed by atoms with Crippen molar-refractivity contribution in [2.45, 2.75) is 45.1 Å². The normalized spacial score (nSPS) is 16.6. The Hall–Kier alpha value is -3.33. The van der Waals surface area contributed by atoms with Crippen molar-refractivity contribution in [2.24, 2.45) is 0 Å². The molecule has 6 nitrogen and oxygen atoms in total. The van der Waals surface area contributed by atoms with E-state index in [4.69, 9.17) is 13.9 Å². The molecule has 0 radical (unpaired) electrons. The maximum Gasteiger partial charge on any atom is 0.416 e. The van der Waals surface area contributed by atoms with Gasteiger partial charge in [0.1, 0.15) is 29.9 Å². The molecule has 3 aromatic rings. The molecule has 1 saturated heterocycles. The molecule has 0 N–H and O–H groups in total. The van der Waals surface area contributed by atoms with Crippen molar-refractivity contribution in [3.05, 3.63) is 71.1 Å². The van der Waals surface area contributed by atoms with Gasteiger partial charge in [-0.1, -0.05) is 12.1 Å². The quantitative estimate of drug-likeness (QED) is 0.428. The molecule has 1 atom stereocenters. The van der Waals surface area contributed by atoms with Crippen molar-refractivity contribution < 1.29 is 31.9 Å². The molecule has 1 aliphatic rings. The molecule has 2 aromatic carbocycles. The third kappa shape index (κ3) is 5.41. The van der Waals surface area contributed by atoms with Gasteiger partial charge in [-0.2, -0.15) is 13.2 Å². The van der Waals surface area contributed by atoms with Crippen molar-refractivity contribution in [2.75, 3.05) is 13.7 Å². The highest BCUT2D eigenvalue weighted by Crippen LogP contribution is 2.31. The Labute approximate surface area is 195 Å². The van der Waals surface area contributed by atoms with Crippen LogP contribution < -0.4 is 4.74 Å². The first-order valence-corrected chi connectivity index (χ1v) is 10.9. The van der Waals surface area contributed by atoms with Crippen LogP contribution in [-0.2, 0) is 28.9 Å². The number of carbonyl (C=O) groups excluding carboxylic acids is 1. The number of aromatic nitrogens is 1. The largest absolute Gasteiger partial charge is 0.487 e. The van der Waals surface area contributed by atoms with Gasteiger partial charge in [-0.25, -0.2) is 4.98 Å². The van der Waals surface area contributed by atoms with Crippen molar-refractivity contribution in [1.29, 1.82) is 0 Å². The molecular weight excluding hydrogens is 449 g/mol. The minimum Gasteiger partial charge on any atom is -0.487 e. The molecule has 0 saturated carbocycles. The predicted molar refractivity (Wildman–Crippen MR) is 118 cm³/mol. The van der Waals surface area contributed by atoms with E-state index in [9.17, 15) is 18.0 Å². The summed E-state index contributed by atoms with van der Waals surface area (Å²) in [4.78, 5) is 18.4. The van der Waals surface area contributed by atoms with Gasteiger partial charge in [0, 0.05) is 12.1 Å². The molecule has 0 spiro atoms. The van der Waals surface area contributed by atoms with Gasteiger partial charge >= 0.3 is 12.1 Å². The van der Waals surface area contributed by atoms with Crippen LogP contribution in [0.5, 0.6) is 5.75 Å². The van der Waals surface area contributed by atoms with E-state index in [0.717, 1.165) is 37.1 Å². The van der Waals surface area contributed by atoms with Crippen molar-refractivity contribution in [3.8, 4) is 17.2 Å². The number of likely N-dealkylation sites (tertiary alicyclic amines) is 1. The lowest BCUT2D eigenvalue weighted by atomic mass is 10.1. The number of oxazole rings is 1. The van der Waals surface area contributed by atoms with Crippen molar-refractivity contribution in [1.82, 2.24) is 9.88 Å². The van der Waals surface area contributed by atoms with E-state index in [1.807, 2.05) is 24.3 Å². The first kappa shape index (κ1) is 23.8. The molecule has 2 heterocycles. The van der Waals surface area contributed by atoms with Gasteiger partial charge in [0.15, 0.2) is 0 Å². The summed E-state index contributed by atoms with van der Waals surface area (Å²) >= 11 is 0. The van der Waals surface area contributed by atoms with E-state index in [2.05, 4.69) is 9.88 Å². The minimum absolute atomic E-state index is 0.159. The summed E-state index contributed by atoms with van der Waals surface area (Å²) in [5, 5.41) is 0. The van der Waals surface area contributed by atoms with Gasteiger partial charge in [0.25, 0.3) is 0 Å². The summed E-state index contributed by atoms with van der Waals surface area (Å²) in [6.07, 6.45) is -2.62. The van der Waals surface area contributed by atoms with Crippen LogP contribution in [0, 0.1) is 6.92 Å². The molecule has 9 heteroatoms. The number of carbonyl (C=O) groups is 1. The first-order valence-electron chi connectivity index (χ1n) is 10.9. The average molecular weight is 474 g/mol. The molecule has 180 valence electrons. The molecule has 0 bridgehead atoms. The minimum atomic E-state index is -4.39. The molecule has 1 aliphatic heterocycles. The lowest BCUT2D eigenvalue weighted by Crippen LogP contribution is -2.36. The number of alkyl halides is 3. The monoisotopic (exact) mass is 474 g/mol. The van der Waals surface area contributed by atoms with Crippen molar-refractivity contribution >= 4 is 5.97 Å². The van der Waals surface area contributed by atoms with Gasteiger partial charge in [-0.05, 0) is 68.3 Å². The Bertz CT molecular complexity index is 1120. The molecule has 0 amide bonds. The van der Waals surface area contributed by atoms with Crippen LogP contribution in [0.15, 0.2) is 52.9 Å². The number of esters is 1. The lowest BCUT2D eigenvalue weighted by Gasteiger charge is -2.22. The summed E-state index contributed by atoms with van der Waals surface area (Å²) in [5.74, 6) is 1.23. The number of hydrogen-bond donors (Lipinski definition) is 0. The Morgan fingerprint density at radius 1 is 1.15 bits per heavy atom. The number of hydrogen-bond acceptors (Lipinski definition) is 6. The Balaban J connectivity index is 1.36. The zero-order chi connectivity index (χ0) is 24.3. The number of rotatable bonds is 7. The number of nitrogens with zero attached hydrogens (tertiary/aromatic N) is 2. The number of halogens is 3. The maximum atomic E-state index is 12.8. The second kappa shape index (κ2) is 9.89. The highest BCUT2D eigenvalue weighted by Gasteiger charge is 2.31. The van der Waals surface area contributed by atoms with E-state index >= 15 is 0 Å². The zero-order valence-electron chi connectivity index (χ0n) is 18.9. The molecule has 1 fully saturated rings. The summed E-state index contributed by atoms with van der Waals surface area (Å²) in [6, 6.07) is 12.1. The second-order valence-corrected chi connectivity index (χ2v) is 8.18. The standard InChI is InChI=1S/C25H25F3N2O4/c1-16-21(29-23(34-16)18-7-9-19(10-8-18)25(26,27)28)15-33-20-11-5-17(6-12-20)14-30-13-3-4-22(30)24(31)32-2/h5-12,22H,3-4,13-15H2,1-2H3/t22-/m0/s1. The fourth-order valence-corrected chi connectivity index (χ4v) is 3.98. The van der Waals surface area contributed by atoms with Crippen LogP contribution in [0.4, 0.5) is 13.2 Å². The first-order chi connectivity index (χ1) is 16.2. The smallest absolute Gasteiger partial charge is 0.416 e. The molecular formula is C25H25F3N2O4. The zero-order valence-corrected chi connectivity index (χ0v) is 18.9. The summed E-state index contributed by atoms with van der Waals surface area (Å²) in [6.45, 7) is 3.39. The fourth-order valence-electron chi connectivity index (χ4n) is 3.98. The number of methoxy groups -OCH3 is 1. The fraction of sp³-hybridized carbons (Fsp3) is 0.360. The topological polar surface area (TPSA) is 64.8 Å². The van der Waals surface area contributed by atoms with Gasteiger partial charge in [0.2, 0.25) is 5.89 Å². The van der Waals surface area contributed by atoms with E-state index in [1.54, 1.807) is 6.92 Å². The van der Waals surface area contributed by atoms with Crippen LogP contribution in [0.2, 0.25) is 0 Å². The molecule has 0 aliphatic carbocycles. The van der Waals surface area contributed by atoms with E-state index in [0.29, 0.717) is 29.3 Å². The van der Waals surface area contributed by atoms with Gasteiger partial charge in [-0.3, -0.25) is 9.69 Å². The third-order valence-corrected chi connectivity index (χ3v) is 5.87. The number of ether oxygens (including phenoxy) is 2. The summed E-state index contributed by atoms with van der Waals surface area (Å²) in [7, 11) is 1.41. The summed E-state index contributed by atoms with van der Waals surface area (Å²) < 4.78 is 54.7. The number of aryl methyl sites for hydroxylation is 1. The van der Waals surface area contributed by atoms with Crippen LogP contribution in [0.25, 0.3) is 11.5 Å². The third-order valence-electron chi connectivity index (χ3n) is 5.87. The molecule has 0 unspecified atom stereocenters. The highest BCUT2D eigenvalue weighted by molar-refractivity contribution is 5.76. The lowest BCUT2D eigenvalue weighted by molar-refractivity contribution is -0.146. The second-order valence-electron chi connectivity index (χ2n) is 8.18. The Kier molecular flexibility index (Phi) is 6.92. The van der Waals surface area contributed by atoms with E-state index < -0.39 is 11.7 Å². The van der Waals surface area contributed by atoms with Gasteiger partial charge < -0.3 is 13.9 Å². The number of benzene rings is 2. The highest BCUT2D eigenvalue weighted by atomic mass is 19.4. The van der Waals surface area contributed by atoms with Crippen LogP contribution in [0.3, 0.4) is 0 Å². The van der Waals surface area contributed by atoms with Crippen LogP contribution in [-0.4, -0.2) is 35.5 Å². The van der Waals surface area contributed by atoms with Crippen LogP contribution >= 0.6 is 0 Å². The average Bonchev–Trinajstić information content (AvgIpc) is 3.44. The maximum absolute atomic E-state index is 12.8. The SMILES string of the molecule is COC(=O)[C@@H]1CCCN1Cc1ccc(OCc2nc(-c3ccc(C(F)(F)F)cc3)oc2C)cc1. The Morgan fingerprint density at radius 3 is 2.50 bits per heavy atom. The van der Waals surface area contributed by atoms with Crippen LogP contribution in [0.1, 0.15) is 35.4 Å². The summed E-state index contributed by atoms with van der Waals surface area (Å²) in [5.41, 5.74) is 1.36. The van der Waals surface area contributed by atoms with Gasteiger partial charge in [-0.15, -0.1) is 0 Å². The van der Waals surface area contributed by atoms with Crippen molar-refractivity contribution in [3.63, 3.8) is 0 Å². The molecule has 34 heavy (non-hydrogen) atoms. The van der Waals surface area contributed by atoms with E-state index in [1.165, 1.54) is 19.2 Å². The Morgan fingerprint density at radius 2 is 1.85 bits per heavy atom. The van der Waals surface area contributed by atoms with E-state index in [-0.39, 0.29) is 24.5 Å². The molecule has 1 aromatic heterocycles. The molecule has 4 rings (SSSR count).